The van der Waals surface area contributed by atoms with Crippen molar-refractivity contribution < 1.29 is 9.18 Å². The Bertz CT molecular complexity index is 628. The van der Waals surface area contributed by atoms with Gasteiger partial charge in [-0.15, -0.1) is 0 Å². The topological polar surface area (TPSA) is 29.1 Å². The summed E-state index contributed by atoms with van der Waals surface area (Å²) in [6.45, 7) is 1.81. The molecule has 0 aromatic heterocycles. The second-order valence-electron chi connectivity index (χ2n) is 4.37. The van der Waals surface area contributed by atoms with Crippen LogP contribution in [0.2, 0.25) is 10.0 Å². The molecule has 0 aliphatic rings. The Labute approximate surface area is 126 Å². The lowest BCUT2D eigenvalue weighted by atomic mass is 10.1. The zero-order valence-corrected chi connectivity index (χ0v) is 12.2. The van der Waals surface area contributed by atoms with Crippen LogP contribution < -0.4 is 5.32 Å². The fraction of sp³-hybridized carbons (Fsp3) is 0.133. The number of hydrogen-bond donors (Lipinski definition) is 1. The molecule has 20 heavy (non-hydrogen) atoms. The van der Waals surface area contributed by atoms with E-state index in [1.165, 1.54) is 18.2 Å². The minimum atomic E-state index is -0.325. The maximum Gasteiger partial charge on any atom is 0.253 e. The predicted molar refractivity (Wildman–Crippen MR) is 78.7 cm³/mol. The molecule has 0 aliphatic carbocycles. The van der Waals surface area contributed by atoms with Crippen LogP contribution in [0, 0.1) is 5.82 Å². The van der Waals surface area contributed by atoms with Crippen LogP contribution in [-0.4, -0.2) is 5.91 Å². The third-order valence-electron chi connectivity index (χ3n) is 2.89. The lowest BCUT2D eigenvalue weighted by Crippen LogP contribution is -2.26. The summed E-state index contributed by atoms with van der Waals surface area (Å²) in [5.41, 5.74) is 1.12. The SMILES string of the molecule is CC(NC(=O)c1cc(Cl)ccc1Cl)c1ccc(F)cc1. The molecule has 5 heteroatoms. The van der Waals surface area contributed by atoms with Crippen molar-refractivity contribution in [2.45, 2.75) is 13.0 Å². The Balaban J connectivity index is 2.15. The summed E-state index contributed by atoms with van der Waals surface area (Å²) in [5, 5.41) is 3.57. The van der Waals surface area contributed by atoms with Crippen LogP contribution >= 0.6 is 23.2 Å². The molecule has 104 valence electrons. The van der Waals surface area contributed by atoms with Gasteiger partial charge in [0, 0.05) is 5.02 Å². The first-order valence-corrected chi connectivity index (χ1v) is 6.74. The highest BCUT2D eigenvalue weighted by Gasteiger charge is 2.14. The normalized spacial score (nSPS) is 12.0. The third-order valence-corrected chi connectivity index (χ3v) is 3.46. The van der Waals surface area contributed by atoms with E-state index in [-0.39, 0.29) is 17.8 Å². The Hall–Kier alpha value is -1.58. The average molecular weight is 312 g/mol. The number of nitrogens with one attached hydrogen (secondary N) is 1. The van der Waals surface area contributed by atoms with Crippen LogP contribution in [-0.2, 0) is 0 Å². The number of hydrogen-bond acceptors (Lipinski definition) is 1. The maximum absolute atomic E-state index is 12.9. The molecule has 1 amide bonds. The Morgan fingerprint density at radius 1 is 1.15 bits per heavy atom. The molecule has 2 aromatic rings. The van der Waals surface area contributed by atoms with Gasteiger partial charge in [0.2, 0.25) is 0 Å². The highest BCUT2D eigenvalue weighted by molar-refractivity contribution is 6.35. The van der Waals surface area contributed by atoms with E-state index in [0.717, 1.165) is 5.56 Å². The fourth-order valence-electron chi connectivity index (χ4n) is 1.78. The molecule has 0 radical (unpaired) electrons. The molecule has 1 N–H and O–H groups in total. The van der Waals surface area contributed by atoms with Gasteiger partial charge in [0.15, 0.2) is 0 Å². The molecule has 2 aromatic carbocycles. The molecular weight excluding hydrogens is 300 g/mol. The van der Waals surface area contributed by atoms with Crippen LogP contribution in [0.15, 0.2) is 42.5 Å². The molecule has 0 heterocycles. The van der Waals surface area contributed by atoms with E-state index in [1.807, 2.05) is 6.92 Å². The number of benzene rings is 2. The first kappa shape index (κ1) is 14.8. The molecule has 0 aliphatic heterocycles. The summed E-state index contributed by atoms with van der Waals surface area (Å²) in [7, 11) is 0. The van der Waals surface area contributed by atoms with Crippen LogP contribution in [0.4, 0.5) is 4.39 Å². The highest BCUT2D eigenvalue weighted by atomic mass is 35.5. The highest BCUT2D eigenvalue weighted by Crippen LogP contribution is 2.22. The van der Waals surface area contributed by atoms with Gasteiger partial charge in [-0.3, -0.25) is 4.79 Å². The Kier molecular flexibility index (Phi) is 4.63. The van der Waals surface area contributed by atoms with Crippen molar-refractivity contribution in [1.29, 1.82) is 0 Å². The van der Waals surface area contributed by atoms with Crippen molar-refractivity contribution in [1.82, 2.24) is 5.32 Å². The van der Waals surface area contributed by atoms with Crippen molar-refractivity contribution in [3.63, 3.8) is 0 Å². The van der Waals surface area contributed by atoms with Gasteiger partial charge in [-0.2, -0.15) is 0 Å². The molecular formula is C15H12Cl2FNO. The number of carbonyl (C=O) groups excluding carboxylic acids is 1. The molecule has 2 rings (SSSR count). The van der Waals surface area contributed by atoms with Gasteiger partial charge in [-0.1, -0.05) is 35.3 Å². The van der Waals surface area contributed by atoms with Crippen LogP contribution in [0.3, 0.4) is 0 Å². The standard InChI is InChI=1S/C15H12Cl2FNO/c1-9(10-2-5-12(18)6-3-10)19-15(20)13-8-11(16)4-7-14(13)17/h2-9H,1H3,(H,19,20). The summed E-state index contributed by atoms with van der Waals surface area (Å²) >= 11 is 11.8. The number of halogens is 3. The minimum absolute atomic E-state index is 0.266. The van der Waals surface area contributed by atoms with Gasteiger partial charge in [0.25, 0.3) is 5.91 Å². The summed E-state index contributed by atoms with van der Waals surface area (Å²) in [6.07, 6.45) is 0. The lowest BCUT2D eigenvalue weighted by molar-refractivity contribution is 0.0940. The zero-order chi connectivity index (χ0) is 14.7. The maximum atomic E-state index is 12.9. The van der Waals surface area contributed by atoms with E-state index in [1.54, 1.807) is 24.3 Å². The largest absolute Gasteiger partial charge is 0.345 e. The van der Waals surface area contributed by atoms with E-state index in [4.69, 9.17) is 23.2 Å². The van der Waals surface area contributed by atoms with Gasteiger partial charge >= 0.3 is 0 Å². The number of carbonyl (C=O) groups is 1. The van der Waals surface area contributed by atoms with E-state index < -0.39 is 0 Å². The van der Waals surface area contributed by atoms with E-state index in [2.05, 4.69) is 5.32 Å². The molecule has 0 fully saturated rings. The second-order valence-corrected chi connectivity index (χ2v) is 5.21. The van der Waals surface area contributed by atoms with E-state index in [0.29, 0.717) is 15.6 Å². The second kappa shape index (κ2) is 6.25. The minimum Gasteiger partial charge on any atom is -0.345 e. The predicted octanol–water partition coefficient (Wildman–Crippen LogP) is 4.62. The van der Waals surface area contributed by atoms with E-state index >= 15 is 0 Å². The fourth-order valence-corrected chi connectivity index (χ4v) is 2.16. The molecule has 1 unspecified atom stereocenters. The third kappa shape index (κ3) is 3.50. The summed E-state index contributed by atoms with van der Waals surface area (Å²) in [6, 6.07) is 10.4. The van der Waals surface area contributed by atoms with Crippen LogP contribution in [0.25, 0.3) is 0 Å². The molecule has 0 spiro atoms. The van der Waals surface area contributed by atoms with Gasteiger partial charge < -0.3 is 5.32 Å². The Morgan fingerprint density at radius 2 is 1.80 bits per heavy atom. The van der Waals surface area contributed by atoms with Gasteiger partial charge in [0.05, 0.1) is 16.6 Å². The molecule has 0 bridgehead atoms. The first-order valence-electron chi connectivity index (χ1n) is 5.99. The number of rotatable bonds is 3. The molecule has 2 nitrogen and oxygen atoms in total. The van der Waals surface area contributed by atoms with Gasteiger partial charge in [-0.05, 0) is 42.8 Å². The average Bonchev–Trinajstić information content (AvgIpc) is 2.42. The van der Waals surface area contributed by atoms with Crippen LogP contribution in [0.1, 0.15) is 28.9 Å². The zero-order valence-electron chi connectivity index (χ0n) is 10.7. The summed E-state index contributed by atoms with van der Waals surface area (Å²) < 4.78 is 12.9. The quantitative estimate of drug-likeness (QED) is 0.880. The van der Waals surface area contributed by atoms with E-state index in [9.17, 15) is 9.18 Å². The smallest absolute Gasteiger partial charge is 0.253 e. The Morgan fingerprint density at radius 3 is 2.45 bits per heavy atom. The first-order chi connectivity index (χ1) is 9.47. The summed E-state index contributed by atoms with van der Waals surface area (Å²) in [4.78, 5) is 12.1. The summed E-state index contributed by atoms with van der Waals surface area (Å²) in [5.74, 6) is -0.639. The van der Waals surface area contributed by atoms with Crippen LogP contribution in [0.5, 0.6) is 0 Å². The molecule has 1 atom stereocenters. The van der Waals surface area contributed by atoms with Gasteiger partial charge in [-0.25, -0.2) is 4.39 Å². The van der Waals surface area contributed by atoms with Crippen molar-refractivity contribution >= 4 is 29.1 Å². The van der Waals surface area contributed by atoms with Crippen molar-refractivity contribution in [2.24, 2.45) is 0 Å². The lowest BCUT2D eigenvalue weighted by Gasteiger charge is -2.15. The van der Waals surface area contributed by atoms with Gasteiger partial charge in [0.1, 0.15) is 5.82 Å². The molecule has 0 saturated carbocycles. The van der Waals surface area contributed by atoms with Crippen molar-refractivity contribution in [3.8, 4) is 0 Å². The van der Waals surface area contributed by atoms with Crippen molar-refractivity contribution in [3.05, 3.63) is 69.5 Å². The monoisotopic (exact) mass is 311 g/mol. The molecule has 0 saturated heterocycles. The van der Waals surface area contributed by atoms with Crippen molar-refractivity contribution in [2.75, 3.05) is 0 Å². The number of amides is 1.